The zero-order valence-electron chi connectivity index (χ0n) is 28.2. The van der Waals surface area contributed by atoms with E-state index in [9.17, 15) is 19.2 Å². The summed E-state index contributed by atoms with van der Waals surface area (Å²) >= 11 is 2.84. The second-order valence-corrected chi connectivity index (χ2v) is 14.1. The lowest BCUT2D eigenvalue weighted by atomic mass is 10.1. The molecule has 2 aromatic carbocycles. The van der Waals surface area contributed by atoms with E-state index in [1.165, 1.54) is 22.7 Å². The lowest BCUT2D eigenvalue weighted by Gasteiger charge is -2.08. The van der Waals surface area contributed by atoms with E-state index < -0.39 is 5.97 Å². The van der Waals surface area contributed by atoms with Crippen LogP contribution in [0, 0.1) is 0 Å². The molecule has 47 heavy (non-hydrogen) atoms. The van der Waals surface area contributed by atoms with Crippen molar-refractivity contribution >= 4 is 46.4 Å². The number of hydrogen-bond acceptors (Lipinski definition) is 7. The Kier molecular flexibility index (Phi) is 15.5. The monoisotopic (exact) mass is 678 g/mol. The number of rotatable bonds is 9. The predicted octanol–water partition coefficient (Wildman–Crippen LogP) is 7.30. The minimum atomic E-state index is -0.945. The summed E-state index contributed by atoms with van der Waals surface area (Å²) in [7, 11) is 0. The number of carbonyl (C=O) groups excluding carboxylic acids is 3. The van der Waals surface area contributed by atoms with Crippen molar-refractivity contribution in [2.24, 2.45) is 5.73 Å². The van der Waals surface area contributed by atoms with Crippen molar-refractivity contribution in [2.75, 3.05) is 0 Å². The third-order valence-corrected chi connectivity index (χ3v) is 8.03. The summed E-state index contributed by atoms with van der Waals surface area (Å²) in [5.74, 6) is -1.16. The molecule has 0 spiro atoms. The van der Waals surface area contributed by atoms with E-state index in [-0.39, 0.29) is 41.4 Å². The van der Waals surface area contributed by atoms with Gasteiger partial charge in [0, 0.05) is 33.4 Å². The molecule has 0 aliphatic heterocycles. The van der Waals surface area contributed by atoms with E-state index in [1.807, 2.05) is 85.7 Å². The van der Waals surface area contributed by atoms with Crippen LogP contribution in [0.15, 0.2) is 72.8 Å². The normalized spacial score (nSPS) is 10.6. The molecule has 0 atom stereocenters. The molecule has 6 N–H and O–H groups in total. The fourth-order valence-electron chi connectivity index (χ4n) is 3.81. The Labute approximate surface area is 285 Å². The van der Waals surface area contributed by atoms with Crippen LogP contribution in [-0.4, -0.2) is 53.0 Å². The van der Waals surface area contributed by atoms with E-state index in [2.05, 4.69) is 16.0 Å². The number of carboxylic acids is 1. The zero-order valence-corrected chi connectivity index (χ0v) is 29.8. The average molecular weight is 679 g/mol. The van der Waals surface area contributed by atoms with Crippen LogP contribution in [0.25, 0.3) is 20.9 Å². The summed E-state index contributed by atoms with van der Waals surface area (Å²) in [6, 6.07) is 22.1. The molecule has 3 amide bonds. The number of nitrogens with two attached hydrogens (primary N) is 1. The first-order valence-corrected chi connectivity index (χ1v) is 17.0. The third kappa shape index (κ3) is 13.5. The minimum absolute atomic E-state index is 0.0517. The Bertz CT molecular complexity index is 1600. The largest absolute Gasteiger partial charge is 0.478 e. The molecule has 0 unspecified atom stereocenters. The molecule has 2 aromatic heterocycles. The number of carbonyl (C=O) groups is 4. The van der Waals surface area contributed by atoms with Crippen LogP contribution in [0.4, 0.5) is 0 Å². The first kappa shape index (κ1) is 38.9. The molecule has 0 saturated carbocycles. The zero-order chi connectivity index (χ0) is 35.3. The van der Waals surface area contributed by atoms with Gasteiger partial charge in [-0.15, -0.1) is 22.7 Å². The standard InChI is InChI=1S/C18H22N2O2S.C15H15NO3S.C3H9N/c1-11(2)19-17(21)14-7-5-13(6-8-14)15-9-10-16(23-15)18(22)20-12(3)4;1-9(2)16-14(17)13-8-7-12(20-13)10-3-5-11(6-4-10)15(18)19;1-3(2)4/h5-12H,1-4H3,(H,19,21)(H,20,22);3-9H,1-2H3,(H,16,17)(H,18,19);3H,4H2,1-2H3. The molecule has 4 aromatic rings. The Morgan fingerprint density at radius 3 is 1.17 bits per heavy atom. The molecule has 252 valence electrons. The lowest BCUT2D eigenvalue weighted by molar-refractivity contribution is 0.0696. The maximum absolute atomic E-state index is 12.0. The van der Waals surface area contributed by atoms with Gasteiger partial charge in [-0.2, -0.15) is 0 Å². The van der Waals surface area contributed by atoms with E-state index in [4.69, 9.17) is 10.8 Å². The molecule has 4 rings (SSSR count). The van der Waals surface area contributed by atoms with Gasteiger partial charge < -0.3 is 26.8 Å². The van der Waals surface area contributed by atoms with E-state index in [0.29, 0.717) is 21.4 Å². The van der Waals surface area contributed by atoms with Crippen molar-refractivity contribution in [3.63, 3.8) is 0 Å². The first-order valence-electron chi connectivity index (χ1n) is 15.4. The molecule has 0 aliphatic carbocycles. The molecule has 0 aliphatic rings. The van der Waals surface area contributed by atoms with Crippen molar-refractivity contribution in [2.45, 2.75) is 79.6 Å². The number of nitrogens with one attached hydrogen (secondary N) is 3. The van der Waals surface area contributed by atoms with Crippen molar-refractivity contribution < 1.29 is 24.3 Å². The number of aromatic carboxylic acids is 1. The fraction of sp³-hybridized carbons (Fsp3) is 0.333. The van der Waals surface area contributed by atoms with Gasteiger partial charge in [0.2, 0.25) is 0 Å². The quantitative estimate of drug-likeness (QED) is 0.125. The van der Waals surface area contributed by atoms with Crippen LogP contribution in [0.2, 0.25) is 0 Å². The number of carboxylic acid groups (broad SMARTS) is 1. The number of benzene rings is 2. The smallest absolute Gasteiger partial charge is 0.335 e. The van der Waals surface area contributed by atoms with Gasteiger partial charge in [-0.25, -0.2) is 4.79 Å². The SMILES string of the molecule is CC(C)N.CC(C)NC(=O)c1ccc(-c2ccc(C(=O)NC(C)C)s2)cc1.CC(C)NC(=O)c1ccc(-c2ccc(C(=O)O)cc2)s1. The van der Waals surface area contributed by atoms with Gasteiger partial charge in [-0.05, 0) is 107 Å². The maximum Gasteiger partial charge on any atom is 0.335 e. The summed E-state index contributed by atoms with van der Waals surface area (Å²) in [4.78, 5) is 49.9. The van der Waals surface area contributed by atoms with Crippen LogP contribution in [0.3, 0.4) is 0 Å². The molecule has 2 heterocycles. The van der Waals surface area contributed by atoms with Gasteiger partial charge in [0.15, 0.2) is 0 Å². The predicted molar refractivity (Wildman–Crippen MR) is 194 cm³/mol. The summed E-state index contributed by atoms with van der Waals surface area (Å²) in [5.41, 5.74) is 7.91. The molecular formula is C36H46N4O5S2. The first-order chi connectivity index (χ1) is 22.1. The Hall–Kier alpha value is -4.32. The highest BCUT2D eigenvalue weighted by Gasteiger charge is 2.13. The summed E-state index contributed by atoms with van der Waals surface area (Å²) < 4.78 is 0. The number of thiophene rings is 2. The molecule has 0 saturated heterocycles. The summed E-state index contributed by atoms with van der Waals surface area (Å²) in [6.45, 7) is 15.5. The van der Waals surface area contributed by atoms with Crippen molar-refractivity contribution in [3.05, 3.63) is 93.7 Å². The van der Waals surface area contributed by atoms with Gasteiger partial charge in [0.25, 0.3) is 17.7 Å². The van der Waals surface area contributed by atoms with Gasteiger partial charge >= 0.3 is 5.97 Å². The molecule has 11 heteroatoms. The van der Waals surface area contributed by atoms with Gasteiger partial charge in [-0.1, -0.05) is 38.1 Å². The third-order valence-electron chi connectivity index (χ3n) is 5.77. The Morgan fingerprint density at radius 1 is 0.532 bits per heavy atom. The van der Waals surface area contributed by atoms with Crippen molar-refractivity contribution in [1.82, 2.24) is 16.0 Å². The van der Waals surface area contributed by atoms with E-state index in [1.54, 1.807) is 42.5 Å². The lowest BCUT2D eigenvalue weighted by Crippen LogP contribution is -2.29. The average Bonchev–Trinajstić information content (AvgIpc) is 3.68. The number of amides is 3. The topological polar surface area (TPSA) is 151 Å². The molecular weight excluding hydrogens is 633 g/mol. The van der Waals surface area contributed by atoms with Crippen LogP contribution in [0.1, 0.15) is 95.4 Å². The highest BCUT2D eigenvalue weighted by atomic mass is 32.1. The fourth-order valence-corrected chi connectivity index (χ4v) is 5.63. The molecule has 0 radical (unpaired) electrons. The highest BCUT2D eigenvalue weighted by molar-refractivity contribution is 7.17. The van der Waals surface area contributed by atoms with E-state index in [0.717, 1.165) is 20.9 Å². The highest BCUT2D eigenvalue weighted by Crippen LogP contribution is 2.29. The summed E-state index contributed by atoms with van der Waals surface area (Å²) in [5, 5.41) is 17.4. The maximum atomic E-state index is 12.0. The second-order valence-electron chi connectivity index (χ2n) is 11.9. The molecule has 0 fully saturated rings. The van der Waals surface area contributed by atoms with Gasteiger partial charge in [0.05, 0.1) is 15.3 Å². The van der Waals surface area contributed by atoms with Crippen LogP contribution in [-0.2, 0) is 0 Å². The Balaban J connectivity index is 0.000000296. The van der Waals surface area contributed by atoms with E-state index >= 15 is 0 Å². The van der Waals surface area contributed by atoms with Gasteiger partial charge in [0.1, 0.15) is 0 Å². The van der Waals surface area contributed by atoms with Gasteiger partial charge in [-0.3, -0.25) is 14.4 Å². The minimum Gasteiger partial charge on any atom is -0.478 e. The second kappa shape index (κ2) is 18.7. The molecule has 0 bridgehead atoms. The number of hydrogen-bond donors (Lipinski definition) is 5. The van der Waals surface area contributed by atoms with Crippen molar-refractivity contribution in [3.8, 4) is 20.9 Å². The van der Waals surface area contributed by atoms with Crippen LogP contribution in [0.5, 0.6) is 0 Å². The van der Waals surface area contributed by atoms with Crippen LogP contribution < -0.4 is 21.7 Å². The Morgan fingerprint density at radius 2 is 0.851 bits per heavy atom. The summed E-state index contributed by atoms with van der Waals surface area (Å²) in [6.07, 6.45) is 0. The molecule has 9 nitrogen and oxygen atoms in total. The van der Waals surface area contributed by atoms with Crippen molar-refractivity contribution in [1.29, 1.82) is 0 Å². The van der Waals surface area contributed by atoms with Crippen LogP contribution >= 0.6 is 22.7 Å².